The van der Waals surface area contributed by atoms with E-state index in [9.17, 15) is 4.79 Å². The van der Waals surface area contributed by atoms with Crippen LogP contribution in [0, 0.1) is 0 Å². The molecule has 2 N–H and O–H groups in total. The predicted octanol–water partition coefficient (Wildman–Crippen LogP) is 2.13. The molecule has 0 radical (unpaired) electrons. The van der Waals surface area contributed by atoms with E-state index in [0.717, 1.165) is 5.56 Å². The number of carbonyl (C=O) groups is 1. The Balaban J connectivity index is 0.000000326. The molecule has 1 fully saturated rings. The van der Waals surface area contributed by atoms with Gasteiger partial charge in [0.1, 0.15) is 5.69 Å². The quantitative estimate of drug-likeness (QED) is 0.666. The van der Waals surface area contributed by atoms with Crippen LogP contribution < -0.4 is 0 Å². The highest BCUT2D eigenvalue weighted by atomic mass is 16.5. The maximum absolute atomic E-state index is 11.8. The Morgan fingerprint density at radius 3 is 2.48 bits per heavy atom. The highest BCUT2D eigenvalue weighted by Gasteiger charge is 2.37. The van der Waals surface area contributed by atoms with Gasteiger partial charge in [-0.1, -0.05) is 30.3 Å². The van der Waals surface area contributed by atoms with Gasteiger partial charge >= 0.3 is 5.97 Å². The van der Waals surface area contributed by atoms with Crippen LogP contribution in [0.3, 0.4) is 0 Å². The Kier molecular flexibility index (Phi) is 5.52. The molecule has 0 amide bonds. The molecule has 1 aliphatic carbocycles. The SMILES string of the molecule is CCOC(=O)c1cncn1C(C)c1ccccc1.OC1(O)CC1. The largest absolute Gasteiger partial charge is 0.461 e. The standard InChI is InChI=1S/C14H16N2O2.C3H6O2/c1-3-18-14(17)13-9-15-10-16(13)11(2)12-7-5-4-6-8-12;4-3(5)1-2-3/h4-11H,3H2,1-2H3;4-5H,1-2H2. The molecule has 0 spiro atoms. The summed E-state index contributed by atoms with van der Waals surface area (Å²) < 4.78 is 6.84. The van der Waals surface area contributed by atoms with E-state index >= 15 is 0 Å². The van der Waals surface area contributed by atoms with E-state index in [-0.39, 0.29) is 12.0 Å². The van der Waals surface area contributed by atoms with E-state index < -0.39 is 5.79 Å². The maximum atomic E-state index is 11.8. The van der Waals surface area contributed by atoms with Crippen LogP contribution >= 0.6 is 0 Å². The lowest BCUT2D eigenvalue weighted by atomic mass is 10.1. The smallest absolute Gasteiger partial charge is 0.356 e. The van der Waals surface area contributed by atoms with E-state index in [1.54, 1.807) is 13.3 Å². The fraction of sp³-hybridized carbons (Fsp3) is 0.412. The summed E-state index contributed by atoms with van der Waals surface area (Å²) in [5.41, 5.74) is 1.61. The van der Waals surface area contributed by atoms with Gasteiger partial charge in [0, 0.05) is 12.8 Å². The van der Waals surface area contributed by atoms with Gasteiger partial charge in [-0.15, -0.1) is 0 Å². The Labute approximate surface area is 135 Å². The third-order valence-corrected chi connectivity index (χ3v) is 3.55. The minimum atomic E-state index is -1.25. The van der Waals surface area contributed by atoms with Crippen LogP contribution in [0.1, 0.15) is 48.8 Å². The van der Waals surface area contributed by atoms with Crippen LogP contribution in [-0.4, -0.2) is 38.1 Å². The number of nitrogens with zero attached hydrogens (tertiary/aromatic N) is 2. The Bertz CT molecular complexity index is 631. The summed E-state index contributed by atoms with van der Waals surface area (Å²) in [6.07, 6.45) is 4.32. The second kappa shape index (κ2) is 7.39. The lowest BCUT2D eigenvalue weighted by Gasteiger charge is -2.16. The number of rotatable bonds is 4. The molecule has 0 saturated heterocycles. The van der Waals surface area contributed by atoms with Gasteiger partial charge in [-0.3, -0.25) is 0 Å². The van der Waals surface area contributed by atoms with Crippen molar-refractivity contribution >= 4 is 5.97 Å². The van der Waals surface area contributed by atoms with Gasteiger partial charge in [-0.05, 0) is 19.4 Å². The highest BCUT2D eigenvalue weighted by molar-refractivity contribution is 5.87. The van der Waals surface area contributed by atoms with Crippen LogP contribution in [0.15, 0.2) is 42.9 Å². The van der Waals surface area contributed by atoms with Crippen LogP contribution in [0.4, 0.5) is 0 Å². The summed E-state index contributed by atoms with van der Waals surface area (Å²) in [4.78, 5) is 15.8. The first-order valence-electron chi connectivity index (χ1n) is 7.63. The van der Waals surface area contributed by atoms with E-state index in [0.29, 0.717) is 25.1 Å². The Hall–Kier alpha value is -2.18. The average Bonchev–Trinajstić information content (AvgIpc) is 3.05. The van der Waals surface area contributed by atoms with Crippen molar-refractivity contribution < 1.29 is 19.7 Å². The number of imidazole rings is 1. The fourth-order valence-electron chi connectivity index (χ4n) is 1.98. The molecule has 1 aromatic heterocycles. The monoisotopic (exact) mass is 318 g/mol. The van der Waals surface area contributed by atoms with Crippen molar-refractivity contribution in [3.05, 3.63) is 54.1 Å². The maximum Gasteiger partial charge on any atom is 0.356 e. The molecule has 0 bridgehead atoms. The average molecular weight is 318 g/mol. The normalized spacial score (nSPS) is 16.0. The third-order valence-electron chi connectivity index (χ3n) is 3.55. The zero-order chi connectivity index (χ0) is 16.9. The zero-order valence-corrected chi connectivity index (χ0v) is 13.3. The van der Waals surface area contributed by atoms with Crippen molar-refractivity contribution in [1.29, 1.82) is 0 Å². The van der Waals surface area contributed by atoms with Crippen molar-refractivity contribution in [3.63, 3.8) is 0 Å². The van der Waals surface area contributed by atoms with Crippen molar-refractivity contribution in [3.8, 4) is 0 Å². The number of ether oxygens (including phenoxy) is 1. The third kappa shape index (κ3) is 4.91. The number of hydrogen-bond donors (Lipinski definition) is 2. The Morgan fingerprint density at radius 1 is 1.35 bits per heavy atom. The van der Waals surface area contributed by atoms with Gasteiger partial charge < -0.3 is 19.5 Å². The molecule has 1 unspecified atom stereocenters. The molecule has 3 rings (SSSR count). The summed E-state index contributed by atoms with van der Waals surface area (Å²) in [6.45, 7) is 4.18. The van der Waals surface area contributed by atoms with Crippen molar-refractivity contribution in [1.82, 2.24) is 9.55 Å². The first-order valence-corrected chi connectivity index (χ1v) is 7.63. The van der Waals surface area contributed by atoms with E-state index in [1.807, 2.05) is 41.8 Å². The first kappa shape index (κ1) is 17.2. The molecule has 0 aliphatic heterocycles. The van der Waals surface area contributed by atoms with E-state index in [1.165, 1.54) is 6.20 Å². The van der Waals surface area contributed by atoms with Crippen molar-refractivity contribution in [2.45, 2.75) is 38.5 Å². The number of hydrogen-bond acceptors (Lipinski definition) is 5. The molecule has 6 heteroatoms. The molecule has 124 valence electrons. The van der Waals surface area contributed by atoms with E-state index in [2.05, 4.69) is 4.98 Å². The second-order valence-electron chi connectivity index (χ2n) is 5.48. The first-order chi connectivity index (χ1) is 10.9. The number of carbonyl (C=O) groups excluding carboxylic acids is 1. The topological polar surface area (TPSA) is 84.6 Å². The number of aromatic nitrogens is 2. The molecule has 1 heterocycles. The van der Waals surface area contributed by atoms with Gasteiger partial charge in [0.25, 0.3) is 0 Å². The molecule has 1 aliphatic rings. The summed E-state index contributed by atoms with van der Waals surface area (Å²) in [6, 6.07) is 10.0. The van der Waals surface area contributed by atoms with Crippen LogP contribution in [0.5, 0.6) is 0 Å². The van der Waals surface area contributed by atoms with Crippen molar-refractivity contribution in [2.24, 2.45) is 0 Å². The molecule has 2 aromatic rings. The zero-order valence-electron chi connectivity index (χ0n) is 13.3. The molecule has 1 saturated carbocycles. The molecule has 23 heavy (non-hydrogen) atoms. The summed E-state index contributed by atoms with van der Waals surface area (Å²) in [5.74, 6) is -1.59. The molecule has 1 atom stereocenters. The molecule has 6 nitrogen and oxygen atoms in total. The van der Waals surface area contributed by atoms with Gasteiger partial charge in [0.05, 0.1) is 25.2 Å². The minimum Gasteiger partial charge on any atom is -0.461 e. The number of esters is 1. The minimum absolute atomic E-state index is 0.0492. The summed E-state index contributed by atoms with van der Waals surface area (Å²) >= 11 is 0. The lowest BCUT2D eigenvalue weighted by Crippen LogP contribution is -2.15. The number of aliphatic hydroxyl groups is 2. The highest BCUT2D eigenvalue weighted by Crippen LogP contribution is 2.30. The molecular weight excluding hydrogens is 296 g/mol. The van der Waals surface area contributed by atoms with Gasteiger partial charge in [-0.25, -0.2) is 9.78 Å². The van der Waals surface area contributed by atoms with Gasteiger partial charge in [0.2, 0.25) is 0 Å². The van der Waals surface area contributed by atoms with Crippen molar-refractivity contribution in [2.75, 3.05) is 6.61 Å². The van der Waals surface area contributed by atoms with Crippen LogP contribution in [0.2, 0.25) is 0 Å². The summed E-state index contributed by atoms with van der Waals surface area (Å²) in [5, 5.41) is 16.4. The fourth-order valence-corrected chi connectivity index (χ4v) is 1.98. The van der Waals surface area contributed by atoms with Gasteiger partial charge in [0.15, 0.2) is 5.79 Å². The summed E-state index contributed by atoms with van der Waals surface area (Å²) in [7, 11) is 0. The number of benzene rings is 1. The predicted molar refractivity (Wildman–Crippen MR) is 84.8 cm³/mol. The lowest BCUT2D eigenvalue weighted by molar-refractivity contribution is -0.0677. The Morgan fingerprint density at radius 2 is 1.96 bits per heavy atom. The van der Waals surface area contributed by atoms with Crippen LogP contribution in [-0.2, 0) is 4.74 Å². The second-order valence-corrected chi connectivity index (χ2v) is 5.48. The molecular formula is C17H22N2O4. The van der Waals surface area contributed by atoms with Gasteiger partial charge in [-0.2, -0.15) is 0 Å². The van der Waals surface area contributed by atoms with E-state index in [4.69, 9.17) is 14.9 Å². The molecule has 1 aromatic carbocycles. The van der Waals surface area contributed by atoms with Crippen LogP contribution in [0.25, 0.3) is 0 Å².